The molecular formula is C11H15NO. The highest BCUT2D eigenvalue weighted by atomic mass is 16.3. The molecule has 0 radical (unpaired) electrons. The summed E-state index contributed by atoms with van der Waals surface area (Å²) in [5.41, 5.74) is 2.99. The van der Waals surface area contributed by atoms with Crippen LogP contribution in [0.4, 0.5) is 0 Å². The third-order valence-electron chi connectivity index (χ3n) is 1.99. The molecule has 0 aliphatic carbocycles. The minimum absolute atomic E-state index is 0.388. The van der Waals surface area contributed by atoms with E-state index in [2.05, 4.69) is 4.98 Å². The first-order chi connectivity index (χ1) is 6.09. The quantitative estimate of drug-likeness (QED) is 0.751. The molecule has 70 valence electrons. The average Bonchev–Trinajstić information content (AvgIpc) is 2.08. The zero-order valence-corrected chi connectivity index (χ0v) is 8.28. The number of nitrogens with zero attached hydrogens (tertiary/aromatic N) is 1. The number of aryl methyl sites for hydroxylation is 1. The highest BCUT2D eigenvalue weighted by molar-refractivity contribution is 5.52. The van der Waals surface area contributed by atoms with E-state index < -0.39 is 0 Å². The number of aliphatic hydroxyl groups excluding tert-OH is 1. The molecule has 2 nitrogen and oxygen atoms in total. The number of aliphatic hydroxyl groups is 1. The Bertz CT molecular complexity index is 298. The summed E-state index contributed by atoms with van der Waals surface area (Å²) in [6.45, 7) is 5.62. The van der Waals surface area contributed by atoms with Crippen LogP contribution in [-0.4, -0.2) is 16.2 Å². The van der Waals surface area contributed by atoms with E-state index in [9.17, 15) is 5.11 Å². The highest BCUT2D eigenvalue weighted by Crippen LogP contribution is 2.08. The van der Waals surface area contributed by atoms with Crippen molar-refractivity contribution in [2.45, 2.75) is 26.9 Å². The fourth-order valence-electron chi connectivity index (χ4n) is 0.948. The largest absolute Gasteiger partial charge is 0.389 e. The van der Waals surface area contributed by atoms with E-state index in [4.69, 9.17) is 0 Å². The van der Waals surface area contributed by atoms with Crippen molar-refractivity contribution in [3.05, 3.63) is 35.2 Å². The Morgan fingerprint density at radius 2 is 2.23 bits per heavy atom. The lowest BCUT2D eigenvalue weighted by atomic mass is 10.1. The maximum absolute atomic E-state index is 9.25. The van der Waals surface area contributed by atoms with Crippen molar-refractivity contribution < 1.29 is 5.11 Å². The Morgan fingerprint density at radius 3 is 2.69 bits per heavy atom. The molecule has 1 rings (SSSR count). The molecule has 1 N–H and O–H groups in total. The number of rotatable bonds is 2. The molecule has 0 fully saturated rings. The van der Waals surface area contributed by atoms with Crippen molar-refractivity contribution in [2.75, 3.05) is 0 Å². The summed E-state index contributed by atoms with van der Waals surface area (Å²) in [5, 5.41) is 9.25. The molecule has 1 atom stereocenters. The van der Waals surface area contributed by atoms with Crippen LogP contribution in [0.15, 0.2) is 23.9 Å². The summed E-state index contributed by atoms with van der Waals surface area (Å²) in [7, 11) is 0. The fourth-order valence-corrected chi connectivity index (χ4v) is 0.948. The maximum atomic E-state index is 9.25. The van der Waals surface area contributed by atoms with E-state index in [1.807, 2.05) is 32.1 Å². The van der Waals surface area contributed by atoms with Crippen LogP contribution in [0.5, 0.6) is 0 Å². The Balaban J connectivity index is 2.85. The molecule has 2 heteroatoms. The van der Waals surface area contributed by atoms with Crippen molar-refractivity contribution in [2.24, 2.45) is 0 Å². The average molecular weight is 177 g/mol. The van der Waals surface area contributed by atoms with Gasteiger partial charge in [0.1, 0.15) is 0 Å². The predicted molar refractivity (Wildman–Crippen MR) is 54.3 cm³/mol. The van der Waals surface area contributed by atoms with Gasteiger partial charge in [0.05, 0.1) is 6.10 Å². The standard InChI is InChI=1S/C11H15NO/c1-8(10(3)13)6-11-5-4-9(2)12-7-11/h4-7,10,13H,1-3H3/b8-6+. The van der Waals surface area contributed by atoms with Crippen LogP contribution >= 0.6 is 0 Å². The third kappa shape index (κ3) is 2.99. The van der Waals surface area contributed by atoms with Gasteiger partial charge >= 0.3 is 0 Å². The minimum Gasteiger partial charge on any atom is -0.389 e. The zero-order chi connectivity index (χ0) is 9.84. The molecule has 1 aromatic heterocycles. The van der Waals surface area contributed by atoms with Crippen LogP contribution in [0, 0.1) is 6.92 Å². The molecule has 0 amide bonds. The van der Waals surface area contributed by atoms with Gasteiger partial charge in [-0.05, 0) is 38.0 Å². The third-order valence-corrected chi connectivity index (χ3v) is 1.99. The molecule has 1 aromatic rings. The van der Waals surface area contributed by atoms with Gasteiger partial charge in [0.2, 0.25) is 0 Å². The van der Waals surface area contributed by atoms with E-state index in [0.29, 0.717) is 0 Å². The normalized spacial score (nSPS) is 14.3. The second-order valence-corrected chi connectivity index (χ2v) is 3.30. The lowest BCUT2D eigenvalue weighted by Crippen LogP contribution is -2.00. The second kappa shape index (κ2) is 4.19. The maximum Gasteiger partial charge on any atom is 0.0722 e. The number of aromatic nitrogens is 1. The lowest BCUT2D eigenvalue weighted by molar-refractivity contribution is 0.232. The molecule has 0 saturated heterocycles. The smallest absolute Gasteiger partial charge is 0.0722 e. The van der Waals surface area contributed by atoms with Crippen molar-refractivity contribution in [3.63, 3.8) is 0 Å². The Labute approximate surface area is 78.9 Å². The van der Waals surface area contributed by atoms with Gasteiger partial charge in [-0.25, -0.2) is 0 Å². The highest BCUT2D eigenvalue weighted by Gasteiger charge is 1.97. The van der Waals surface area contributed by atoms with Gasteiger partial charge in [-0.1, -0.05) is 12.1 Å². The Kier molecular flexibility index (Phi) is 3.20. The van der Waals surface area contributed by atoms with E-state index >= 15 is 0 Å². The number of pyridine rings is 1. The van der Waals surface area contributed by atoms with Crippen LogP contribution in [0.3, 0.4) is 0 Å². The Hall–Kier alpha value is -1.15. The monoisotopic (exact) mass is 177 g/mol. The van der Waals surface area contributed by atoms with Gasteiger partial charge in [-0.15, -0.1) is 0 Å². The van der Waals surface area contributed by atoms with Crippen LogP contribution < -0.4 is 0 Å². The Morgan fingerprint density at radius 1 is 1.54 bits per heavy atom. The van der Waals surface area contributed by atoms with Crippen molar-refractivity contribution in [3.8, 4) is 0 Å². The summed E-state index contributed by atoms with van der Waals surface area (Å²) in [6.07, 6.45) is 3.36. The SMILES string of the molecule is C/C(=C\c1ccc(C)nc1)C(C)O. The van der Waals surface area contributed by atoms with Crippen molar-refractivity contribution >= 4 is 6.08 Å². The van der Waals surface area contributed by atoms with E-state index in [0.717, 1.165) is 16.8 Å². The molecule has 0 bridgehead atoms. The van der Waals surface area contributed by atoms with Gasteiger partial charge in [0.25, 0.3) is 0 Å². The molecule has 1 unspecified atom stereocenters. The fraction of sp³-hybridized carbons (Fsp3) is 0.364. The summed E-state index contributed by atoms with van der Waals surface area (Å²) in [5.74, 6) is 0. The van der Waals surface area contributed by atoms with E-state index in [1.54, 1.807) is 13.1 Å². The topological polar surface area (TPSA) is 33.1 Å². The first kappa shape index (κ1) is 9.93. The van der Waals surface area contributed by atoms with Crippen LogP contribution in [0.2, 0.25) is 0 Å². The van der Waals surface area contributed by atoms with Crippen LogP contribution in [0.25, 0.3) is 6.08 Å². The molecule has 0 aliphatic rings. The van der Waals surface area contributed by atoms with Crippen LogP contribution in [-0.2, 0) is 0 Å². The van der Waals surface area contributed by atoms with Crippen molar-refractivity contribution in [1.82, 2.24) is 4.98 Å². The minimum atomic E-state index is -0.388. The first-order valence-corrected chi connectivity index (χ1v) is 4.38. The number of hydrogen-bond donors (Lipinski definition) is 1. The molecular weight excluding hydrogens is 162 g/mol. The van der Waals surface area contributed by atoms with E-state index in [-0.39, 0.29) is 6.10 Å². The van der Waals surface area contributed by atoms with Crippen LogP contribution in [0.1, 0.15) is 25.1 Å². The van der Waals surface area contributed by atoms with Gasteiger partial charge in [0.15, 0.2) is 0 Å². The second-order valence-electron chi connectivity index (χ2n) is 3.30. The van der Waals surface area contributed by atoms with Gasteiger partial charge in [-0.2, -0.15) is 0 Å². The summed E-state index contributed by atoms with van der Waals surface area (Å²) in [6, 6.07) is 3.95. The van der Waals surface area contributed by atoms with Gasteiger partial charge in [-0.3, -0.25) is 4.98 Å². The molecule has 0 aromatic carbocycles. The van der Waals surface area contributed by atoms with Gasteiger partial charge in [0, 0.05) is 11.9 Å². The predicted octanol–water partition coefficient (Wildman–Crippen LogP) is 2.17. The summed E-state index contributed by atoms with van der Waals surface area (Å²) >= 11 is 0. The summed E-state index contributed by atoms with van der Waals surface area (Å²) in [4.78, 5) is 4.17. The molecule has 13 heavy (non-hydrogen) atoms. The first-order valence-electron chi connectivity index (χ1n) is 4.38. The molecule has 0 aliphatic heterocycles. The molecule has 0 spiro atoms. The molecule has 1 heterocycles. The molecule has 0 saturated carbocycles. The van der Waals surface area contributed by atoms with Crippen molar-refractivity contribution in [1.29, 1.82) is 0 Å². The van der Waals surface area contributed by atoms with E-state index in [1.165, 1.54) is 0 Å². The number of hydrogen-bond acceptors (Lipinski definition) is 2. The van der Waals surface area contributed by atoms with Gasteiger partial charge < -0.3 is 5.11 Å². The summed E-state index contributed by atoms with van der Waals surface area (Å²) < 4.78 is 0. The lowest BCUT2D eigenvalue weighted by Gasteiger charge is -2.03. The zero-order valence-electron chi connectivity index (χ0n) is 8.28.